The number of aromatic nitrogens is 2. The molecule has 0 N–H and O–H groups in total. The average Bonchev–Trinajstić information content (AvgIpc) is 2.71. The van der Waals surface area contributed by atoms with Crippen LogP contribution in [0.25, 0.3) is 0 Å². The molecule has 0 atom stereocenters. The van der Waals surface area contributed by atoms with Gasteiger partial charge in [0, 0.05) is 17.8 Å². The quantitative estimate of drug-likeness (QED) is 0.725. The molecule has 2 rings (SSSR count). The van der Waals surface area contributed by atoms with Crippen LogP contribution in [-0.2, 0) is 0 Å². The minimum Gasteiger partial charge on any atom is -0.260 e. The van der Waals surface area contributed by atoms with Crippen LogP contribution in [-0.4, -0.2) is 9.97 Å². The molecular formula is C10H9N2S. The highest BCUT2D eigenvalue weighted by Crippen LogP contribution is 2.22. The molecule has 0 aliphatic rings. The first-order valence-corrected chi connectivity index (χ1v) is 4.91. The van der Waals surface area contributed by atoms with Gasteiger partial charge < -0.3 is 0 Å². The van der Waals surface area contributed by atoms with Gasteiger partial charge in [-0.3, -0.25) is 4.98 Å². The molecule has 0 unspecified atom stereocenters. The third-order valence-corrected chi connectivity index (χ3v) is 2.69. The van der Waals surface area contributed by atoms with Gasteiger partial charge in [-0.1, -0.05) is 6.07 Å². The number of pyridine rings is 1. The van der Waals surface area contributed by atoms with Gasteiger partial charge >= 0.3 is 0 Å². The largest absolute Gasteiger partial charge is 0.260 e. The van der Waals surface area contributed by atoms with Crippen molar-refractivity contribution in [2.75, 3.05) is 0 Å². The summed E-state index contributed by atoms with van der Waals surface area (Å²) >= 11 is 1.64. The molecule has 2 heterocycles. The average molecular weight is 189 g/mol. The molecule has 1 radical (unpaired) electrons. The highest BCUT2D eigenvalue weighted by Gasteiger charge is 2.11. The lowest BCUT2D eigenvalue weighted by atomic mass is 10.1. The van der Waals surface area contributed by atoms with Gasteiger partial charge in [0.1, 0.15) is 5.01 Å². The Balaban J connectivity index is 2.29. The molecule has 0 fully saturated rings. The van der Waals surface area contributed by atoms with Crippen molar-refractivity contribution in [1.29, 1.82) is 0 Å². The maximum absolute atomic E-state index is 4.26. The van der Waals surface area contributed by atoms with Gasteiger partial charge in [0.25, 0.3) is 0 Å². The van der Waals surface area contributed by atoms with E-state index in [0.717, 1.165) is 16.6 Å². The van der Waals surface area contributed by atoms with Gasteiger partial charge in [0.15, 0.2) is 0 Å². The van der Waals surface area contributed by atoms with Crippen LogP contribution >= 0.6 is 11.3 Å². The highest BCUT2D eigenvalue weighted by molar-refractivity contribution is 7.09. The van der Waals surface area contributed by atoms with Gasteiger partial charge in [-0.25, -0.2) is 4.98 Å². The van der Waals surface area contributed by atoms with Crippen LogP contribution in [0.3, 0.4) is 0 Å². The second-order valence-electron chi connectivity index (χ2n) is 2.68. The monoisotopic (exact) mass is 189 g/mol. The molecule has 2 nitrogen and oxygen atoms in total. The zero-order chi connectivity index (χ0) is 9.10. The molecule has 2 aromatic rings. The van der Waals surface area contributed by atoms with E-state index in [4.69, 9.17) is 0 Å². The van der Waals surface area contributed by atoms with Gasteiger partial charge in [0.05, 0.1) is 11.6 Å². The molecule has 0 saturated carbocycles. The fourth-order valence-corrected chi connectivity index (χ4v) is 1.76. The Kier molecular flexibility index (Phi) is 2.36. The van der Waals surface area contributed by atoms with E-state index < -0.39 is 0 Å². The summed E-state index contributed by atoms with van der Waals surface area (Å²) < 4.78 is 0. The molecule has 13 heavy (non-hydrogen) atoms. The number of rotatable bonds is 2. The van der Waals surface area contributed by atoms with Crippen molar-refractivity contribution < 1.29 is 0 Å². The summed E-state index contributed by atoms with van der Waals surface area (Å²) in [6, 6.07) is 5.90. The van der Waals surface area contributed by atoms with Crippen molar-refractivity contribution >= 4 is 11.3 Å². The molecule has 3 heteroatoms. The van der Waals surface area contributed by atoms with Crippen molar-refractivity contribution in [1.82, 2.24) is 9.97 Å². The van der Waals surface area contributed by atoms with Crippen molar-refractivity contribution in [3.63, 3.8) is 0 Å². The minimum absolute atomic E-state index is 0.998. The van der Waals surface area contributed by atoms with Crippen LogP contribution in [0, 0.1) is 5.92 Å². The highest BCUT2D eigenvalue weighted by atomic mass is 32.1. The normalized spacial score (nSPS) is 10.6. The molecule has 65 valence electrons. The van der Waals surface area contributed by atoms with Crippen LogP contribution < -0.4 is 0 Å². The fourth-order valence-electron chi connectivity index (χ4n) is 1.10. The first-order valence-electron chi connectivity index (χ1n) is 4.03. The van der Waals surface area contributed by atoms with Crippen molar-refractivity contribution in [2.45, 2.75) is 6.92 Å². The van der Waals surface area contributed by atoms with Gasteiger partial charge in [-0.2, -0.15) is 0 Å². The molecule has 2 aromatic heterocycles. The summed E-state index contributed by atoms with van der Waals surface area (Å²) in [5.74, 6) is 1.13. The van der Waals surface area contributed by atoms with Gasteiger partial charge in [-0.15, -0.1) is 11.3 Å². The lowest BCUT2D eigenvalue weighted by Crippen LogP contribution is -1.98. The van der Waals surface area contributed by atoms with Crippen molar-refractivity contribution in [3.8, 4) is 0 Å². The molecule has 0 saturated heterocycles. The van der Waals surface area contributed by atoms with E-state index in [2.05, 4.69) is 9.97 Å². The summed E-state index contributed by atoms with van der Waals surface area (Å²) in [4.78, 5) is 8.50. The third-order valence-electron chi connectivity index (χ3n) is 1.80. The first kappa shape index (κ1) is 8.38. The number of thiazole rings is 1. The van der Waals surface area contributed by atoms with E-state index in [9.17, 15) is 0 Å². The van der Waals surface area contributed by atoms with Crippen molar-refractivity contribution in [2.24, 2.45) is 0 Å². The summed E-state index contributed by atoms with van der Waals surface area (Å²) in [7, 11) is 0. The lowest BCUT2D eigenvalue weighted by Gasteiger charge is -2.04. The minimum atomic E-state index is 0.998. The Morgan fingerprint density at radius 3 is 2.77 bits per heavy atom. The maximum Gasteiger partial charge on any atom is 0.106 e. The second kappa shape index (κ2) is 3.66. The fraction of sp³-hybridized carbons (Fsp3) is 0.100. The number of hydrogen-bond donors (Lipinski definition) is 0. The van der Waals surface area contributed by atoms with Crippen LogP contribution in [0.4, 0.5) is 0 Å². The van der Waals surface area contributed by atoms with Crippen LogP contribution in [0.5, 0.6) is 0 Å². The zero-order valence-electron chi connectivity index (χ0n) is 7.27. The summed E-state index contributed by atoms with van der Waals surface area (Å²) in [5, 5.41) is 3.01. The maximum atomic E-state index is 4.26. The molecule has 0 aliphatic heterocycles. The molecular weight excluding hydrogens is 180 g/mol. The van der Waals surface area contributed by atoms with E-state index in [0.29, 0.717) is 0 Å². The zero-order valence-corrected chi connectivity index (χ0v) is 8.08. The van der Waals surface area contributed by atoms with E-state index in [1.165, 1.54) is 0 Å². The van der Waals surface area contributed by atoms with E-state index >= 15 is 0 Å². The summed E-state index contributed by atoms with van der Waals surface area (Å²) in [6.45, 7) is 2.04. The molecule has 0 spiro atoms. The standard InChI is InChI=1S/C10H9N2S/c1-8(10-12-6-7-13-10)9-4-2-3-5-11-9/h2-7H,1H3. The Morgan fingerprint density at radius 2 is 2.15 bits per heavy atom. The van der Waals surface area contributed by atoms with E-state index in [-0.39, 0.29) is 0 Å². The van der Waals surface area contributed by atoms with Crippen LogP contribution in [0.1, 0.15) is 17.6 Å². The Labute approximate surface area is 81.3 Å². The van der Waals surface area contributed by atoms with Gasteiger partial charge in [-0.05, 0) is 19.1 Å². The summed E-state index contributed by atoms with van der Waals surface area (Å²) in [6.07, 6.45) is 3.61. The lowest BCUT2D eigenvalue weighted by molar-refractivity contribution is 1.07. The third kappa shape index (κ3) is 1.75. The number of hydrogen-bond acceptors (Lipinski definition) is 3. The first-order chi connectivity index (χ1) is 6.38. The van der Waals surface area contributed by atoms with Crippen LogP contribution in [0.2, 0.25) is 0 Å². The second-order valence-corrected chi connectivity index (χ2v) is 3.57. The SMILES string of the molecule is C[C](c1ccccn1)c1nccs1. The van der Waals surface area contributed by atoms with Crippen LogP contribution in [0.15, 0.2) is 36.0 Å². The topological polar surface area (TPSA) is 25.8 Å². The van der Waals surface area contributed by atoms with E-state index in [1.807, 2.05) is 36.7 Å². The predicted octanol–water partition coefficient (Wildman–Crippen LogP) is 2.53. The Bertz CT molecular complexity index is 356. The smallest absolute Gasteiger partial charge is 0.106 e. The van der Waals surface area contributed by atoms with Gasteiger partial charge in [0.2, 0.25) is 0 Å². The molecule has 0 aliphatic carbocycles. The molecule has 0 aromatic carbocycles. The number of nitrogens with zero attached hydrogens (tertiary/aromatic N) is 2. The Morgan fingerprint density at radius 1 is 1.23 bits per heavy atom. The summed E-state index contributed by atoms with van der Waals surface area (Å²) in [5.41, 5.74) is 0.998. The predicted molar refractivity (Wildman–Crippen MR) is 53.5 cm³/mol. The molecule has 0 amide bonds. The Hall–Kier alpha value is -1.22. The van der Waals surface area contributed by atoms with Crippen molar-refractivity contribution in [3.05, 3.63) is 52.6 Å². The van der Waals surface area contributed by atoms with E-state index in [1.54, 1.807) is 17.5 Å². The molecule has 0 bridgehead atoms.